The summed E-state index contributed by atoms with van der Waals surface area (Å²) in [6.07, 6.45) is -2.98. The number of nitrogens with one attached hydrogen (secondary N) is 3. The maximum Gasteiger partial charge on any atom is 0.433 e. The van der Waals surface area contributed by atoms with Gasteiger partial charge in [0.1, 0.15) is 10.5 Å². The van der Waals surface area contributed by atoms with Gasteiger partial charge in [-0.2, -0.15) is 13.2 Å². The SMILES string of the molecule is Cc1c(C(=O)NNC(=O)C(=O)NC2CC2)sc2nc(C(F)(F)F)ccc12. The number of hydrogen-bond acceptors (Lipinski definition) is 5. The number of pyridine rings is 1. The first-order valence-electron chi connectivity index (χ1n) is 7.55. The second kappa shape index (κ2) is 6.56. The minimum atomic E-state index is -4.59. The molecule has 0 spiro atoms. The second-order valence-electron chi connectivity index (χ2n) is 5.76. The largest absolute Gasteiger partial charge is 0.433 e. The number of amides is 3. The van der Waals surface area contributed by atoms with Crippen LogP contribution in [-0.4, -0.2) is 28.7 Å². The monoisotopic (exact) mass is 386 g/mol. The number of hydrogen-bond donors (Lipinski definition) is 3. The molecule has 0 saturated heterocycles. The molecule has 0 unspecified atom stereocenters. The molecule has 3 N–H and O–H groups in total. The second-order valence-corrected chi connectivity index (χ2v) is 6.76. The summed E-state index contributed by atoms with van der Waals surface area (Å²) in [4.78, 5) is 38.9. The van der Waals surface area contributed by atoms with Crippen LogP contribution in [0.2, 0.25) is 0 Å². The fourth-order valence-corrected chi connectivity index (χ4v) is 3.25. The molecule has 1 aliphatic carbocycles. The number of hydrazine groups is 1. The molecule has 0 aliphatic heterocycles. The number of carbonyl (C=O) groups excluding carboxylic acids is 3. The molecule has 2 aromatic rings. The Morgan fingerprint density at radius 3 is 2.46 bits per heavy atom. The third-order valence-corrected chi connectivity index (χ3v) is 4.91. The number of rotatable bonds is 2. The minimum absolute atomic E-state index is 0.0114. The van der Waals surface area contributed by atoms with Gasteiger partial charge in [0.25, 0.3) is 5.91 Å². The van der Waals surface area contributed by atoms with Gasteiger partial charge < -0.3 is 5.32 Å². The van der Waals surface area contributed by atoms with Crippen LogP contribution in [0.5, 0.6) is 0 Å². The third-order valence-electron chi connectivity index (χ3n) is 3.71. The van der Waals surface area contributed by atoms with E-state index in [1.807, 2.05) is 5.43 Å². The van der Waals surface area contributed by atoms with E-state index in [2.05, 4.69) is 15.7 Å². The number of halogens is 3. The number of nitrogens with zero attached hydrogens (tertiary/aromatic N) is 1. The molecular weight excluding hydrogens is 373 g/mol. The van der Waals surface area contributed by atoms with Gasteiger partial charge in [0.15, 0.2) is 0 Å². The van der Waals surface area contributed by atoms with Crippen molar-refractivity contribution in [2.24, 2.45) is 0 Å². The molecule has 1 aliphatic rings. The molecule has 0 aromatic carbocycles. The Hall–Kier alpha value is -2.69. The van der Waals surface area contributed by atoms with Gasteiger partial charge in [0.2, 0.25) is 0 Å². The van der Waals surface area contributed by atoms with Crippen LogP contribution in [0, 0.1) is 6.92 Å². The number of aryl methyl sites for hydroxylation is 1. The number of aromatic nitrogens is 1. The van der Waals surface area contributed by atoms with E-state index in [1.54, 1.807) is 6.92 Å². The highest BCUT2D eigenvalue weighted by atomic mass is 32.1. The zero-order valence-electron chi connectivity index (χ0n) is 13.4. The van der Waals surface area contributed by atoms with Crippen molar-refractivity contribution < 1.29 is 27.6 Å². The highest BCUT2D eigenvalue weighted by molar-refractivity contribution is 7.20. The highest BCUT2D eigenvalue weighted by Crippen LogP contribution is 2.34. The van der Waals surface area contributed by atoms with Crippen LogP contribution in [0.3, 0.4) is 0 Å². The lowest BCUT2D eigenvalue weighted by Gasteiger charge is -2.06. The van der Waals surface area contributed by atoms with Crippen molar-refractivity contribution >= 4 is 39.3 Å². The summed E-state index contributed by atoms with van der Waals surface area (Å²) in [5.41, 5.74) is 3.44. The molecule has 26 heavy (non-hydrogen) atoms. The van der Waals surface area contributed by atoms with E-state index in [1.165, 1.54) is 6.07 Å². The van der Waals surface area contributed by atoms with Crippen molar-refractivity contribution in [2.45, 2.75) is 32.0 Å². The van der Waals surface area contributed by atoms with E-state index in [0.29, 0.717) is 10.9 Å². The molecule has 7 nitrogen and oxygen atoms in total. The molecule has 3 amide bonds. The van der Waals surface area contributed by atoms with Crippen LogP contribution >= 0.6 is 11.3 Å². The molecule has 0 bridgehead atoms. The number of carbonyl (C=O) groups is 3. The summed E-state index contributed by atoms with van der Waals surface area (Å²) < 4.78 is 38.2. The van der Waals surface area contributed by atoms with E-state index < -0.39 is 29.6 Å². The average molecular weight is 386 g/mol. The fraction of sp³-hybridized carbons (Fsp3) is 0.333. The summed E-state index contributed by atoms with van der Waals surface area (Å²) in [5, 5.41) is 2.86. The number of fused-ring (bicyclic) bond motifs is 1. The first-order chi connectivity index (χ1) is 12.2. The zero-order chi connectivity index (χ0) is 19.1. The molecule has 1 saturated carbocycles. The smallest absolute Gasteiger partial charge is 0.345 e. The van der Waals surface area contributed by atoms with Crippen molar-refractivity contribution in [3.63, 3.8) is 0 Å². The summed E-state index contributed by atoms with van der Waals surface area (Å²) in [6, 6.07) is 2.08. The maximum atomic E-state index is 12.7. The van der Waals surface area contributed by atoms with Crippen LogP contribution in [0.4, 0.5) is 13.2 Å². The molecule has 2 aromatic heterocycles. The van der Waals surface area contributed by atoms with Crippen LogP contribution in [0.25, 0.3) is 10.2 Å². The van der Waals surface area contributed by atoms with Gasteiger partial charge in [-0.3, -0.25) is 25.2 Å². The topological polar surface area (TPSA) is 100 Å². The fourth-order valence-electron chi connectivity index (χ4n) is 2.18. The van der Waals surface area contributed by atoms with Crippen LogP contribution in [0.1, 0.15) is 33.8 Å². The first-order valence-corrected chi connectivity index (χ1v) is 8.37. The third kappa shape index (κ3) is 3.77. The van der Waals surface area contributed by atoms with Crippen molar-refractivity contribution in [2.75, 3.05) is 0 Å². The molecule has 1 fully saturated rings. The van der Waals surface area contributed by atoms with Crippen LogP contribution < -0.4 is 16.2 Å². The summed E-state index contributed by atoms with van der Waals surface area (Å²) in [6.45, 7) is 1.56. The predicted molar refractivity (Wildman–Crippen MR) is 86.1 cm³/mol. The van der Waals surface area contributed by atoms with E-state index in [0.717, 1.165) is 30.2 Å². The molecule has 0 radical (unpaired) electrons. The lowest BCUT2D eigenvalue weighted by atomic mass is 10.2. The van der Waals surface area contributed by atoms with E-state index in [4.69, 9.17) is 0 Å². The van der Waals surface area contributed by atoms with Gasteiger partial charge in [-0.05, 0) is 37.5 Å². The molecule has 0 atom stereocenters. The van der Waals surface area contributed by atoms with Gasteiger partial charge in [-0.25, -0.2) is 4.98 Å². The summed E-state index contributed by atoms with van der Waals surface area (Å²) >= 11 is 0.768. The van der Waals surface area contributed by atoms with Crippen molar-refractivity contribution in [1.82, 2.24) is 21.2 Å². The van der Waals surface area contributed by atoms with Gasteiger partial charge in [-0.15, -0.1) is 11.3 Å². The zero-order valence-corrected chi connectivity index (χ0v) is 14.2. The van der Waals surface area contributed by atoms with Gasteiger partial charge in [-0.1, -0.05) is 0 Å². The minimum Gasteiger partial charge on any atom is -0.345 e. The summed E-state index contributed by atoms with van der Waals surface area (Å²) in [7, 11) is 0. The lowest BCUT2D eigenvalue weighted by molar-refractivity contribution is -0.140. The quantitative estimate of drug-likeness (QED) is 0.540. The average Bonchev–Trinajstić information content (AvgIpc) is 3.33. The molecule has 138 valence electrons. The normalized spacial score (nSPS) is 14.2. The Balaban J connectivity index is 1.72. The van der Waals surface area contributed by atoms with Crippen molar-refractivity contribution in [3.8, 4) is 0 Å². The lowest BCUT2D eigenvalue weighted by Crippen LogP contribution is -2.48. The first kappa shape index (κ1) is 18.1. The molecule has 2 heterocycles. The van der Waals surface area contributed by atoms with E-state index >= 15 is 0 Å². The number of thiophene rings is 1. The Morgan fingerprint density at radius 2 is 1.85 bits per heavy atom. The molecule has 11 heteroatoms. The molecule has 3 rings (SSSR count). The van der Waals surface area contributed by atoms with E-state index in [-0.39, 0.29) is 15.7 Å². The van der Waals surface area contributed by atoms with Crippen LogP contribution in [-0.2, 0) is 15.8 Å². The van der Waals surface area contributed by atoms with Gasteiger partial charge >= 0.3 is 18.0 Å². The Kier molecular flexibility index (Phi) is 4.57. The Labute approximate surface area is 148 Å². The van der Waals surface area contributed by atoms with E-state index in [9.17, 15) is 27.6 Å². The van der Waals surface area contributed by atoms with Gasteiger partial charge in [0, 0.05) is 11.4 Å². The van der Waals surface area contributed by atoms with Crippen LogP contribution in [0.15, 0.2) is 12.1 Å². The maximum absolute atomic E-state index is 12.7. The Morgan fingerprint density at radius 1 is 1.15 bits per heavy atom. The Bertz CT molecular complexity index is 905. The van der Waals surface area contributed by atoms with Crippen molar-refractivity contribution in [3.05, 3.63) is 28.3 Å². The highest BCUT2D eigenvalue weighted by Gasteiger charge is 2.33. The standard InChI is InChI=1S/C15H13F3N4O3S/c1-6-8-4-5-9(15(16,17)18)20-14(8)26-10(6)11(23)21-22-13(25)12(24)19-7-2-3-7/h4-5,7H,2-3H2,1H3,(H,19,24)(H,21,23)(H,22,25). The molecular formula is C15H13F3N4O3S. The predicted octanol–water partition coefficient (Wildman–Crippen LogP) is 1.66. The van der Waals surface area contributed by atoms with Gasteiger partial charge in [0.05, 0.1) is 4.88 Å². The van der Waals surface area contributed by atoms with Crippen molar-refractivity contribution in [1.29, 1.82) is 0 Å². The summed E-state index contributed by atoms with van der Waals surface area (Å²) in [5.74, 6) is -2.63. The number of alkyl halides is 3.